The molecule has 19 nitrogen and oxygen atoms in total. The summed E-state index contributed by atoms with van der Waals surface area (Å²) in [6.45, 7) is 19.2. The van der Waals surface area contributed by atoms with Crippen molar-refractivity contribution in [2.24, 2.45) is 5.41 Å². The molecule has 0 bridgehead atoms. The Kier molecular flexibility index (Phi) is 18.6. The van der Waals surface area contributed by atoms with Crippen molar-refractivity contribution in [2.45, 2.75) is 112 Å². The number of likely N-dealkylation sites (tertiary alicyclic amines) is 1. The van der Waals surface area contributed by atoms with Gasteiger partial charge in [0.2, 0.25) is 23.6 Å². The highest BCUT2D eigenvalue weighted by molar-refractivity contribution is 7.13. The van der Waals surface area contributed by atoms with Crippen LogP contribution in [0.25, 0.3) is 21.6 Å². The summed E-state index contributed by atoms with van der Waals surface area (Å²) in [5, 5.41) is 33.8. The van der Waals surface area contributed by atoms with Gasteiger partial charge in [-0.3, -0.25) is 33.7 Å². The molecule has 76 heavy (non-hydrogen) atoms. The van der Waals surface area contributed by atoms with Crippen LogP contribution in [0.2, 0.25) is 0 Å². The fraction of sp³-hybridized carbons (Fsp3) is 0.446. The summed E-state index contributed by atoms with van der Waals surface area (Å²) in [6, 6.07) is 15.4. The SMILES string of the molecule is Cc1cc(C)c(CNC(=O)c2cc(-c3ccc(N4CCN(CCNC(=O)CCC(=O)NC(C(=O)N5C[C@H](O)C[C@H]5C(=O)NCc5ccc(-c6scnc6C)cc5)C(C)(C)C)CC4)nc3)cc(NC(C)C)c2C=N)c(=O)[nH]1. The number of pyridine rings is 2. The number of hydrogen-bond donors (Lipinski definition) is 8. The number of carbonyl (C=O) groups is 5. The fourth-order valence-electron chi connectivity index (χ4n) is 9.59. The zero-order valence-electron chi connectivity index (χ0n) is 44.8. The number of aryl methyl sites for hydroxylation is 3. The highest BCUT2D eigenvalue weighted by Gasteiger charge is 2.44. The van der Waals surface area contributed by atoms with Gasteiger partial charge in [-0.25, -0.2) is 9.97 Å². The maximum atomic E-state index is 14.1. The van der Waals surface area contributed by atoms with Crippen LogP contribution >= 0.6 is 11.3 Å². The lowest BCUT2D eigenvalue weighted by molar-refractivity contribution is -0.144. The van der Waals surface area contributed by atoms with Gasteiger partial charge < -0.3 is 51.9 Å². The normalized spacial score (nSPS) is 16.3. The van der Waals surface area contributed by atoms with Gasteiger partial charge in [-0.1, -0.05) is 45.0 Å². The number of β-amino-alcohol motifs (C(OH)–C–C–N with tert-alkyl or cyclic N) is 1. The Bertz CT molecular complexity index is 2960. The molecule has 2 aliphatic rings. The zero-order valence-corrected chi connectivity index (χ0v) is 45.6. The van der Waals surface area contributed by atoms with E-state index in [1.807, 2.05) is 104 Å². The van der Waals surface area contributed by atoms with Gasteiger partial charge in [0.05, 0.1) is 27.7 Å². The number of H-pyrrole nitrogens is 1. The van der Waals surface area contributed by atoms with Crippen LogP contribution < -0.4 is 37.0 Å². The maximum absolute atomic E-state index is 14.1. The fourth-order valence-corrected chi connectivity index (χ4v) is 10.4. The number of piperazine rings is 1. The number of hydrogen-bond acceptors (Lipinski definition) is 14. The molecule has 3 aromatic heterocycles. The van der Waals surface area contributed by atoms with Crippen molar-refractivity contribution in [3.8, 4) is 21.6 Å². The number of aromatic amines is 1. The van der Waals surface area contributed by atoms with E-state index in [9.17, 15) is 33.9 Å². The average Bonchev–Trinajstić information content (AvgIpc) is 4.01. The minimum absolute atomic E-state index is 0.0254. The summed E-state index contributed by atoms with van der Waals surface area (Å²) in [4.78, 5) is 99.0. The third-order valence-electron chi connectivity index (χ3n) is 13.8. The van der Waals surface area contributed by atoms with E-state index < -0.39 is 47.2 Å². The largest absolute Gasteiger partial charge is 0.391 e. The topological polar surface area (TPSA) is 258 Å². The highest BCUT2D eigenvalue weighted by Crippen LogP contribution is 2.31. The van der Waals surface area contributed by atoms with Gasteiger partial charge in [0.1, 0.15) is 17.9 Å². The number of rotatable bonds is 20. The van der Waals surface area contributed by atoms with Crippen LogP contribution in [0.15, 0.2) is 71.1 Å². The molecule has 0 spiro atoms. The Labute approximate surface area is 448 Å². The first-order chi connectivity index (χ1) is 36.2. The van der Waals surface area contributed by atoms with E-state index in [1.54, 1.807) is 29.1 Å². The number of carbonyl (C=O) groups excluding carboxylic acids is 5. The third-order valence-corrected chi connectivity index (χ3v) is 14.7. The second kappa shape index (κ2) is 25.0. The third kappa shape index (κ3) is 14.3. The molecule has 2 saturated heterocycles. The molecular formula is C56H72N12O7S. The van der Waals surface area contributed by atoms with Crippen molar-refractivity contribution < 1.29 is 29.1 Å². The smallest absolute Gasteiger partial charge is 0.253 e. The number of benzene rings is 2. The molecule has 8 N–H and O–H groups in total. The van der Waals surface area contributed by atoms with Crippen LogP contribution in [-0.2, 0) is 32.3 Å². The molecule has 2 aliphatic heterocycles. The Morgan fingerprint density at radius 3 is 2.22 bits per heavy atom. The van der Waals surface area contributed by atoms with Crippen LogP contribution in [-0.4, -0.2) is 136 Å². The van der Waals surface area contributed by atoms with E-state index in [2.05, 4.69) is 46.4 Å². The van der Waals surface area contributed by atoms with Gasteiger partial charge >= 0.3 is 0 Å². The Hall–Kier alpha value is -7.29. The summed E-state index contributed by atoms with van der Waals surface area (Å²) in [5.41, 5.74) is 8.56. The van der Waals surface area contributed by atoms with Gasteiger partial charge in [0.15, 0.2) is 0 Å². The highest BCUT2D eigenvalue weighted by atomic mass is 32.1. The monoisotopic (exact) mass is 1060 g/mol. The van der Waals surface area contributed by atoms with E-state index in [-0.39, 0.29) is 56.4 Å². The van der Waals surface area contributed by atoms with Crippen LogP contribution in [0, 0.1) is 31.6 Å². The van der Waals surface area contributed by atoms with Crippen LogP contribution in [0.3, 0.4) is 0 Å². The minimum Gasteiger partial charge on any atom is -0.391 e. The molecule has 0 saturated carbocycles. The van der Waals surface area contributed by atoms with Crippen molar-refractivity contribution in [1.82, 2.24) is 46.0 Å². The van der Waals surface area contributed by atoms with Crippen LogP contribution in [0.5, 0.6) is 0 Å². The molecule has 7 rings (SSSR count). The molecular weight excluding hydrogens is 985 g/mol. The van der Waals surface area contributed by atoms with E-state index in [4.69, 9.17) is 10.4 Å². The van der Waals surface area contributed by atoms with Gasteiger partial charge in [-0.15, -0.1) is 11.3 Å². The van der Waals surface area contributed by atoms with Gasteiger partial charge in [-0.2, -0.15) is 0 Å². The molecule has 20 heteroatoms. The van der Waals surface area contributed by atoms with Gasteiger partial charge in [0.25, 0.3) is 11.5 Å². The van der Waals surface area contributed by atoms with E-state index in [1.165, 1.54) is 4.90 Å². The summed E-state index contributed by atoms with van der Waals surface area (Å²) in [6.07, 6.45) is 1.90. The number of nitrogens with zero attached hydrogens (tertiary/aromatic N) is 5. The van der Waals surface area contributed by atoms with Crippen LogP contribution in [0.1, 0.15) is 97.9 Å². The van der Waals surface area contributed by atoms with Crippen molar-refractivity contribution in [2.75, 3.05) is 56.0 Å². The number of anilines is 2. The predicted octanol–water partition coefficient (Wildman–Crippen LogP) is 5.06. The lowest BCUT2D eigenvalue weighted by atomic mass is 9.85. The van der Waals surface area contributed by atoms with E-state index in [0.717, 1.165) is 69.2 Å². The Morgan fingerprint density at radius 2 is 1.59 bits per heavy atom. The number of amides is 5. The minimum atomic E-state index is -1.01. The molecule has 404 valence electrons. The van der Waals surface area contributed by atoms with Crippen molar-refractivity contribution >= 4 is 58.6 Å². The molecule has 0 aliphatic carbocycles. The second-order valence-corrected chi connectivity index (χ2v) is 21.9. The summed E-state index contributed by atoms with van der Waals surface area (Å²) >= 11 is 1.56. The summed E-state index contributed by atoms with van der Waals surface area (Å²) in [7, 11) is 0. The first kappa shape index (κ1) is 56.4. The molecule has 2 fully saturated rings. The second-order valence-electron chi connectivity index (χ2n) is 21.1. The average molecular weight is 1060 g/mol. The van der Waals surface area contributed by atoms with E-state index >= 15 is 0 Å². The standard InChI is InChI=1S/C56H72N12O7S/c1-33(2)63-45-25-40(24-42(43(45)27-57)52(72)61-30-44-34(3)23-35(4)64-53(44)73)39-13-14-47(59-29-39)67-21-19-66(20-22-67)18-17-58-48(70)15-16-49(71)65-51(56(6,7)8)55(75)68-31-41(69)26-46(68)54(74)60-28-37-9-11-38(12-10-37)50-36(5)62-32-76-50/h9-14,23-25,27,29,32-33,41,46,51,57,63,69H,15-22,26,28,30-31H2,1-8H3,(H,58,70)(H,60,74)(H,61,72)(H,64,73)(H,65,71)/t41-,46+,51?/m1/s1. The quantitative estimate of drug-likeness (QED) is 0.0476. The number of nitrogens with one attached hydrogen (secondary N) is 7. The number of thiazole rings is 1. The van der Waals surface area contributed by atoms with Crippen molar-refractivity contribution in [3.05, 3.63) is 116 Å². The van der Waals surface area contributed by atoms with Crippen molar-refractivity contribution in [1.29, 1.82) is 5.41 Å². The molecule has 3 atom stereocenters. The summed E-state index contributed by atoms with van der Waals surface area (Å²) in [5.74, 6) is -1.22. The van der Waals surface area contributed by atoms with Crippen LogP contribution in [0.4, 0.5) is 11.5 Å². The van der Waals surface area contributed by atoms with Gasteiger partial charge in [-0.05, 0) is 92.6 Å². The maximum Gasteiger partial charge on any atom is 0.253 e. The zero-order chi connectivity index (χ0) is 54.8. The van der Waals surface area contributed by atoms with E-state index in [0.29, 0.717) is 48.6 Å². The number of aliphatic hydroxyl groups excluding tert-OH is 1. The number of aliphatic hydroxyl groups is 1. The Morgan fingerprint density at radius 1 is 0.882 bits per heavy atom. The molecule has 0 radical (unpaired) electrons. The van der Waals surface area contributed by atoms with Crippen molar-refractivity contribution in [3.63, 3.8) is 0 Å². The Balaban J connectivity index is 0.855. The lowest BCUT2D eigenvalue weighted by Gasteiger charge is -2.35. The first-order valence-corrected chi connectivity index (χ1v) is 26.7. The predicted molar refractivity (Wildman–Crippen MR) is 297 cm³/mol. The lowest BCUT2D eigenvalue weighted by Crippen LogP contribution is -2.57. The molecule has 5 heterocycles. The molecule has 2 aromatic carbocycles. The molecule has 5 amide bonds. The molecule has 1 unspecified atom stereocenters. The summed E-state index contributed by atoms with van der Waals surface area (Å²) < 4.78 is 0. The molecule has 5 aromatic rings. The van der Waals surface area contributed by atoms with Gasteiger partial charge in [0, 0.05) is 125 Å². The first-order valence-electron chi connectivity index (χ1n) is 25.9. The number of aromatic nitrogens is 3.